The average molecular weight is 291 g/mol. The van der Waals surface area contributed by atoms with Crippen molar-refractivity contribution in [3.05, 3.63) is 29.1 Å². The minimum atomic E-state index is -0.626. The molecule has 1 aromatic rings. The van der Waals surface area contributed by atoms with Crippen LogP contribution in [0.3, 0.4) is 0 Å². The van der Waals surface area contributed by atoms with Gasteiger partial charge in [0.2, 0.25) is 0 Å². The molecule has 0 radical (unpaired) electrons. The van der Waals surface area contributed by atoms with Gasteiger partial charge >= 0.3 is 0 Å². The van der Waals surface area contributed by atoms with Gasteiger partial charge in [-0.15, -0.1) is 0 Å². The number of halogens is 1. The zero-order valence-corrected chi connectivity index (χ0v) is 13.1. The first kappa shape index (κ1) is 14.8. The molecular weight excluding hydrogens is 265 g/mol. The predicted molar refractivity (Wildman–Crippen MR) is 84.1 cm³/mol. The highest BCUT2D eigenvalue weighted by Crippen LogP contribution is 2.40. The van der Waals surface area contributed by atoms with Crippen LogP contribution in [0, 0.1) is 18.7 Å². The lowest BCUT2D eigenvalue weighted by Gasteiger charge is -2.46. The summed E-state index contributed by atoms with van der Waals surface area (Å²) in [5.41, 5.74) is 2.47. The monoisotopic (exact) mass is 291 g/mol. The Bertz CT molecular complexity index is 512. The van der Waals surface area contributed by atoms with E-state index >= 15 is 0 Å². The zero-order valence-electron chi connectivity index (χ0n) is 13.1. The molecule has 1 aliphatic carbocycles. The minimum Gasteiger partial charge on any atom is -0.389 e. The summed E-state index contributed by atoms with van der Waals surface area (Å²) in [6.07, 6.45) is 7.11. The number of benzene rings is 1. The number of hydrogen-bond donors (Lipinski definition) is 1. The number of rotatable bonds is 2. The van der Waals surface area contributed by atoms with Crippen LogP contribution in [0.5, 0.6) is 0 Å². The molecule has 1 heterocycles. The summed E-state index contributed by atoms with van der Waals surface area (Å²) >= 11 is 0. The lowest BCUT2D eigenvalue weighted by Crippen LogP contribution is -2.47. The van der Waals surface area contributed by atoms with E-state index in [9.17, 15) is 9.50 Å². The third-order valence-corrected chi connectivity index (χ3v) is 5.31. The Kier molecular flexibility index (Phi) is 4.21. The molecular formula is C18H26FNO. The second-order valence-corrected chi connectivity index (χ2v) is 6.78. The van der Waals surface area contributed by atoms with Gasteiger partial charge in [0.25, 0.3) is 0 Å². The van der Waals surface area contributed by atoms with Crippen molar-refractivity contribution < 1.29 is 9.50 Å². The minimum absolute atomic E-state index is 0.216. The molecule has 116 valence electrons. The predicted octanol–water partition coefficient (Wildman–Crippen LogP) is 4.35. The van der Waals surface area contributed by atoms with Crippen molar-refractivity contribution in [1.29, 1.82) is 0 Å². The van der Waals surface area contributed by atoms with Gasteiger partial charge in [0.05, 0.1) is 6.10 Å². The van der Waals surface area contributed by atoms with Crippen LogP contribution in [0.25, 0.3) is 0 Å². The SMILES string of the molecule is Cc1cc(N2CCCC3CCCCC32)c(C(C)O)cc1F. The first-order valence-corrected chi connectivity index (χ1v) is 8.32. The van der Waals surface area contributed by atoms with E-state index in [0.29, 0.717) is 11.6 Å². The Balaban J connectivity index is 1.99. The third-order valence-electron chi connectivity index (χ3n) is 5.31. The van der Waals surface area contributed by atoms with Crippen molar-refractivity contribution in [3.8, 4) is 0 Å². The van der Waals surface area contributed by atoms with Gasteiger partial charge < -0.3 is 10.0 Å². The number of nitrogens with zero attached hydrogens (tertiary/aromatic N) is 1. The van der Waals surface area contributed by atoms with E-state index in [1.54, 1.807) is 6.92 Å². The van der Waals surface area contributed by atoms with Gasteiger partial charge in [-0.05, 0) is 63.1 Å². The van der Waals surface area contributed by atoms with Gasteiger partial charge in [0, 0.05) is 23.8 Å². The van der Waals surface area contributed by atoms with E-state index in [2.05, 4.69) is 4.90 Å². The highest BCUT2D eigenvalue weighted by Gasteiger charge is 2.34. The number of aryl methyl sites for hydroxylation is 1. The fourth-order valence-electron chi connectivity index (χ4n) is 4.19. The normalized spacial score (nSPS) is 27.3. The molecule has 0 aromatic heterocycles. The highest BCUT2D eigenvalue weighted by molar-refractivity contribution is 5.58. The molecule has 2 nitrogen and oxygen atoms in total. The second kappa shape index (κ2) is 5.96. The molecule has 3 heteroatoms. The van der Waals surface area contributed by atoms with Crippen molar-refractivity contribution >= 4 is 5.69 Å². The molecule has 2 aliphatic rings. The van der Waals surface area contributed by atoms with Gasteiger partial charge in [-0.3, -0.25) is 0 Å². The Morgan fingerprint density at radius 1 is 1.19 bits per heavy atom. The lowest BCUT2D eigenvalue weighted by atomic mass is 9.78. The molecule has 1 N–H and O–H groups in total. The maximum atomic E-state index is 13.9. The molecule has 1 saturated carbocycles. The van der Waals surface area contributed by atoms with Gasteiger partial charge in [-0.2, -0.15) is 0 Å². The van der Waals surface area contributed by atoms with E-state index in [0.717, 1.165) is 23.7 Å². The molecule has 0 spiro atoms. The summed E-state index contributed by atoms with van der Waals surface area (Å²) in [5, 5.41) is 10.1. The molecule has 1 aliphatic heterocycles. The summed E-state index contributed by atoms with van der Waals surface area (Å²) in [6.45, 7) is 4.58. The van der Waals surface area contributed by atoms with Crippen molar-refractivity contribution in [2.75, 3.05) is 11.4 Å². The van der Waals surface area contributed by atoms with Crippen LogP contribution in [0.4, 0.5) is 10.1 Å². The molecule has 3 rings (SSSR count). The molecule has 0 bridgehead atoms. The van der Waals surface area contributed by atoms with Gasteiger partial charge in [0.15, 0.2) is 0 Å². The summed E-state index contributed by atoms with van der Waals surface area (Å²) in [7, 11) is 0. The smallest absolute Gasteiger partial charge is 0.126 e. The Hall–Kier alpha value is -1.09. The van der Waals surface area contributed by atoms with E-state index in [-0.39, 0.29) is 5.82 Å². The maximum Gasteiger partial charge on any atom is 0.126 e. The lowest BCUT2D eigenvalue weighted by molar-refractivity contribution is 0.197. The Morgan fingerprint density at radius 2 is 1.90 bits per heavy atom. The van der Waals surface area contributed by atoms with E-state index < -0.39 is 6.10 Å². The first-order valence-electron chi connectivity index (χ1n) is 8.32. The highest BCUT2D eigenvalue weighted by atomic mass is 19.1. The summed E-state index contributed by atoms with van der Waals surface area (Å²) in [5.74, 6) is 0.562. The number of fused-ring (bicyclic) bond motifs is 1. The molecule has 2 fully saturated rings. The molecule has 3 unspecified atom stereocenters. The maximum absolute atomic E-state index is 13.9. The number of hydrogen-bond acceptors (Lipinski definition) is 2. The van der Waals surface area contributed by atoms with Crippen LogP contribution in [-0.4, -0.2) is 17.7 Å². The largest absolute Gasteiger partial charge is 0.389 e. The molecule has 3 atom stereocenters. The van der Waals surface area contributed by atoms with Crippen molar-refractivity contribution in [2.45, 2.75) is 64.5 Å². The standard InChI is InChI=1S/C18H26FNO/c1-12-10-18(15(13(2)21)11-16(12)19)20-9-5-7-14-6-3-4-8-17(14)20/h10-11,13-14,17,21H,3-9H2,1-2H3. The Labute approximate surface area is 127 Å². The topological polar surface area (TPSA) is 23.5 Å². The summed E-state index contributed by atoms with van der Waals surface area (Å²) < 4.78 is 13.9. The van der Waals surface area contributed by atoms with E-state index in [4.69, 9.17) is 0 Å². The third kappa shape index (κ3) is 2.80. The first-order chi connectivity index (χ1) is 10.1. The van der Waals surface area contributed by atoms with E-state index in [1.807, 2.05) is 13.0 Å². The molecule has 1 saturated heterocycles. The fourth-order valence-corrected chi connectivity index (χ4v) is 4.19. The van der Waals surface area contributed by atoms with Crippen LogP contribution in [0.2, 0.25) is 0 Å². The zero-order chi connectivity index (χ0) is 15.0. The van der Waals surface area contributed by atoms with Crippen LogP contribution >= 0.6 is 0 Å². The number of aliphatic hydroxyl groups excluding tert-OH is 1. The average Bonchev–Trinajstić information content (AvgIpc) is 2.49. The van der Waals surface area contributed by atoms with Crippen molar-refractivity contribution in [1.82, 2.24) is 0 Å². The quantitative estimate of drug-likeness (QED) is 0.876. The van der Waals surface area contributed by atoms with Crippen molar-refractivity contribution in [2.24, 2.45) is 5.92 Å². The summed E-state index contributed by atoms with van der Waals surface area (Å²) in [4.78, 5) is 2.46. The van der Waals surface area contributed by atoms with Gasteiger partial charge in [-0.1, -0.05) is 12.8 Å². The molecule has 1 aromatic carbocycles. The van der Waals surface area contributed by atoms with Crippen LogP contribution < -0.4 is 4.90 Å². The molecule has 21 heavy (non-hydrogen) atoms. The van der Waals surface area contributed by atoms with Crippen molar-refractivity contribution in [3.63, 3.8) is 0 Å². The van der Waals surface area contributed by atoms with E-state index in [1.165, 1.54) is 44.6 Å². The number of piperidine rings is 1. The fraction of sp³-hybridized carbons (Fsp3) is 0.667. The number of anilines is 1. The number of aliphatic hydroxyl groups is 1. The van der Waals surface area contributed by atoms with Gasteiger partial charge in [-0.25, -0.2) is 4.39 Å². The van der Waals surface area contributed by atoms with Gasteiger partial charge in [0.1, 0.15) is 5.82 Å². The second-order valence-electron chi connectivity index (χ2n) is 6.78. The Morgan fingerprint density at radius 3 is 2.67 bits per heavy atom. The van der Waals surface area contributed by atoms with Crippen LogP contribution in [0.15, 0.2) is 12.1 Å². The van der Waals surface area contributed by atoms with Crippen LogP contribution in [-0.2, 0) is 0 Å². The summed E-state index contributed by atoms with van der Waals surface area (Å²) in [6, 6.07) is 4.05. The molecule has 0 amide bonds. The van der Waals surface area contributed by atoms with Crippen LogP contribution in [0.1, 0.15) is 62.7 Å².